The van der Waals surface area contributed by atoms with Gasteiger partial charge in [0.1, 0.15) is 0 Å². The zero-order chi connectivity index (χ0) is 14.3. The van der Waals surface area contributed by atoms with Gasteiger partial charge in [0.05, 0.1) is 5.41 Å². The molecule has 19 heavy (non-hydrogen) atoms. The molecule has 0 fully saturated rings. The molecule has 0 saturated carbocycles. The van der Waals surface area contributed by atoms with Gasteiger partial charge in [-0.2, -0.15) is 0 Å². The van der Waals surface area contributed by atoms with Crippen molar-refractivity contribution in [2.24, 2.45) is 17.3 Å². The molecule has 2 unspecified atom stereocenters. The van der Waals surface area contributed by atoms with Crippen LogP contribution < -0.4 is 0 Å². The zero-order valence-corrected chi connectivity index (χ0v) is 12.3. The predicted molar refractivity (Wildman–Crippen MR) is 77.0 cm³/mol. The highest BCUT2D eigenvalue weighted by Gasteiger charge is 2.42. The molecule has 1 rings (SSSR count). The van der Waals surface area contributed by atoms with E-state index in [2.05, 4.69) is 13.8 Å². The van der Waals surface area contributed by atoms with E-state index in [0.717, 1.165) is 19.3 Å². The molecule has 1 N–H and O–H groups in total. The zero-order valence-electron chi connectivity index (χ0n) is 12.3. The van der Waals surface area contributed by atoms with Crippen molar-refractivity contribution in [3.63, 3.8) is 0 Å². The van der Waals surface area contributed by atoms with Gasteiger partial charge in [-0.05, 0) is 24.7 Å². The SMILES string of the molecule is COCCC1C=CC=CC1(CCCC(C)C)C(=O)O. The van der Waals surface area contributed by atoms with E-state index in [1.54, 1.807) is 7.11 Å². The highest BCUT2D eigenvalue weighted by molar-refractivity contribution is 5.78. The van der Waals surface area contributed by atoms with Crippen LogP contribution in [0.2, 0.25) is 0 Å². The molecule has 1 aliphatic rings. The van der Waals surface area contributed by atoms with Gasteiger partial charge in [0.2, 0.25) is 0 Å². The van der Waals surface area contributed by atoms with Gasteiger partial charge < -0.3 is 9.84 Å². The Morgan fingerprint density at radius 2 is 2.16 bits per heavy atom. The smallest absolute Gasteiger partial charge is 0.314 e. The Hall–Kier alpha value is -1.09. The van der Waals surface area contributed by atoms with E-state index < -0.39 is 11.4 Å². The van der Waals surface area contributed by atoms with Crippen LogP contribution in [0.25, 0.3) is 0 Å². The molecule has 0 radical (unpaired) electrons. The van der Waals surface area contributed by atoms with Crippen molar-refractivity contribution in [3.8, 4) is 0 Å². The second kappa shape index (κ2) is 7.49. The second-order valence-corrected chi connectivity index (χ2v) is 5.76. The van der Waals surface area contributed by atoms with Gasteiger partial charge in [-0.25, -0.2) is 0 Å². The average Bonchev–Trinajstić information content (AvgIpc) is 2.36. The van der Waals surface area contributed by atoms with Gasteiger partial charge in [0.25, 0.3) is 0 Å². The number of carboxylic acids is 1. The lowest BCUT2D eigenvalue weighted by Crippen LogP contribution is -2.38. The number of methoxy groups -OCH3 is 1. The summed E-state index contributed by atoms with van der Waals surface area (Å²) in [7, 11) is 1.66. The third-order valence-electron chi connectivity index (χ3n) is 3.91. The van der Waals surface area contributed by atoms with E-state index in [1.165, 1.54) is 0 Å². The van der Waals surface area contributed by atoms with Crippen molar-refractivity contribution in [1.29, 1.82) is 0 Å². The van der Waals surface area contributed by atoms with Crippen LogP contribution in [0.3, 0.4) is 0 Å². The summed E-state index contributed by atoms with van der Waals surface area (Å²) in [4.78, 5) is 11.8. The molecule has 3 nitrogen and oxygen atoms in total. The van der Waals surface area contributed by atoms with Crippen molar-refractivity contribution < 1.29 is 14.6 Å². The maximum Gasteiger partial charge on any atom is 0.314 e. The molecule has 1 aliphatic carbocycles. The molecular formula is C16H26O3. The van der Waals surface area contributed by atoms with E-state index in [1.807, 2.05) is 24.3 Å². The van der Waals surface area contributed by atoms with Crippen molar-refractivity contribution in [3.05, 3.63) is 24.3 Å². The Morgan fingerprint density at radius 3 is 2.74 bits per heavy atom. The first-order valence-electron chi connectivity index (χ1n) is 7.11. The molecule has 0 bridgehead atoms. The summed E-state index contributed by atoms with van der Waals surface area (Å²) in [6.45, 7) is 4.95. The standard InChI is InChI=1S/C16H26O3/c1-13(2)7-6-11-16(15(17)18)10-5-4-8-14(16)9-12-19-3/h4-5,8,10,13-14H,6-7,9,11-12H2,1-3H3,(H,17,18). The monoisotopic (exact) mass is 266 g/mol. The molecule has 0 amide bonds. The number of carbonyl (C=O) groups is 1. The molecule has 0 heterocycles. The molecule has 108 valence electrons. The first-order valence-corrected chi connectivity index (χ1v) is 7.11. The number of rotatable bonds is 8. The Kier molecular flexibility index (Phi) is 6.29. The van der Waals surface area contributed by atoms with Crippen LogP contribution in [0.5, 0.6) is 0 Å². The maximum absolute atomic E-state index is 11.8. The van der Waals surface area contributed by atoms with Crippen LogP contribution >= 0.6 is 0 Å². The van der Waals surface area contributed by atoms with Crippen molar-refractivity contribution >= 4 is 5.97 Å². The summed E-state index contributed by atoms with van der Waals surface area (Å²) in [5, 5.41) is 9.70. The van der Waals surface area contributed by atoms with E-state index in [-0.39, 0.29) is 5.92 Å². The number of carboxylic acid groups (broad SMARTS) is 1. The van der Waals surface area contributed by atoms with Gasteiger partial charge in [-0.1, -0.05) is 51.0 Å². The normalized spacial score (nSPS) is 26.0. The Balaban J connectivity index is 2.78. The van der Waals surface area contributed by atoms with Crippen LogP contribution in [0.4, 0.5) is 0 Å². The summed E-state index contributed by atoms with van der Waals surface area (Å²) in [6.07, 6.45) is 11.2. The fourth-order valence-corrected chi connectivity index (χ4v) is 2.73. The van der Waals surface area contributed by atoms with Crippen LogP contribution in [0.15, 0.2) is 24.3 Å². The fraction of sp³-hybridized carbons (Fsp3) is 0.688. The van der Waals surface area contributed by atoms with Crippen molar-refractivity contribution in [2.75, 3.05) is 13.7 Å². The topological polar surface area (TPSA) is 46.5 Å². The number of hydrogen-bond acceptors (Lipinski definition) is 2. The van der Waals surface area contributed by atoms with Crippen LogP contribution in [-0.4, -0.2) is 24.8 Å². The summed E-state index contributed by atoms with van der Waals surface area (Å²) in [5.41, 5.74) is -0.748. The lowest BCUT2D eigenvalue weighted by atomic mass is 9.68. The van der Waals surface area contributed by atoms with Crippen LogP contribution in [0.1, 0.15) is 39.5 Å². The van der Waals surface area contributed by atoms with E-state index in [9.17, 15) is 9.90 Å². The predicted octanol–water partition coefficient (Wildman–Crippen LogP) is 3.66. The fourth-order valence-electron chi connectivity index (χ4n) is 2.73. The Labute approximate surface area is 116 Å². The molecule has 2 atom stereocenters. The van der Waals surface area contributed by atoms with E-state index in [4.69, 9.17) is 4.74 Å². The lowest BCUT2D eigenvalue weighted by molar-refractivity contribution is -0.149. The second-order valence-electron chi connectivity index (χ2n) is 5.76. The van der Waals surface area contributed by atoms with Gasteiger partial charge >= 0.3 is 5.97 Å². The van der Waals surface area contributed by atoms with E-state index >= 15 is 0 Å². The molecule has 3 heteroatoms. The number of hydrogen-bond donors (Lipinski definition) is 1. The summed E-state index contributed by atoms with van der Waals surface area (Å²) >= 11 is 0. The molecule has 0 aromatic carbocycles. The van der Waals surface area contributed by atoms with Crippen molar-refractivity contribution in [2.45, 2.75) is 39.5 Å². The number of aliphatic carboxylic acids is 1. The van der Waals surface area contributed by atoms with Gasteiger partial charge in [-0.3, -0.25) is 4.79 Å². The van der Waals surface area contributed by atoms with Gasteiger partial charge in [-0.15, -0.1) is 0 Å². The molecule has 0 aromatic heterocycles. The quantitative estimate of drug-likeness (QED) is 0.729. The number of allylic oxidation sites excluding steroid dienone is 3. The largest absolute Gasteiger partial charge is 0.481 e. The lowest BCUT2D eigenvalue weighted by Gasteiger charge is -2.35. The number of ether oxygens (including phenoxy) is 1. The molecule has 0 aliphatic heterocycles. The van der Waals surface area contributed by atoms with Gasteiger partial charge in [0.15, 0.2) is 0 Å². The molecule has 0 saturated heterocycles. The molecular weight excluding hydrogens is 240 g/mol. The minimum Gasteiger partial charge on any atom is -0.481 e. The summed E-state index contributed by atoms with van der Waals surface area (Å²) in [6, 6.07) is 0. The van der Waals surface area contributed by atoms with Gasteiger partial charge in [0, 0.05) is 13.7 Å². The maximum atomic E-state index is 11.8. The minimum absolute atomic E-state index is 0.0297. The summed E-state index contributed by atoms with van der Waals surface area (Å²) in [5.74, 6) is -0.0635. The third kappa shape index (κ3) is 4.20. The minimum atomic E-state index is -0.748. The first-order chi connectivity index (χ1) is 9.03. The van der Waals surface area contributed by atoms with Crippen LogP contribution in [-0.2, 0) is 9.53 Å². The van der Waals surface area contributed by atoms with Crippen molar-refractivity contribution in [1.82, 2.24) is 0 Å². The highest BCUT2D eigenvalue weighted by atomic mass is 16.5. The van der Waals surface area contributed by atoms with E-state index in [0.29, 0.717) is 18.9 Å². The Morgan fingerprint density at radius 1 is 1.42 bits per heavy atom. The Bertz CT molecular complexity index is 344. The first kappa shape index (κ1) is 16.0. The van der Waals surface area contributed by atoms with Crippen LogP contribution in [0, 0.1) is 17.3 Å². The average molecular weight is 266 g/mol. The molecule has 0 spiro atoms. The molecule has 0 aromatic rings. The highest BCUT2D eigenvalue weighted by Crippen LogP contribution is 2.41. The summed E-state index contributed by atoms with van der Waals surface area (Å²) < 4.78 is 5.11. The third-order valence-corrected chi connectivity index (χ3v) is 3.91.